The minimum atomic E-state index is -0.887. The summed E-state index contributed by atoms with van der Waals surface area (Å²) in [6, 6.07) is 7.05. The van der Waals surface area contributed by atoms with E-state index in [0.29, 0.717) is 18.5 Å². The van der Waals surface area contributed by atoms with Crippen molar-refractivity contribution in [3.8, 4) is 0 Å². The molecule has 0 aliphatic carbocycles. The van der Waals surface area contributed by atoms with E-state index in [0.717, 1.165) is 18.5 Å². The van der Waals surface area contributed by atoms with Gasteiger partial charge in [-0.15, -0.1) is 0 Å². The molecular weight excluding hydrogens is 230 g/mol. The SMILES string of the molecule is CCC(O)CN(C)CCc1ccccc1C(=O)O. The lowest BCUT2D eigenvalue weighted by Gasteiger charge is -2.20. The molecule has 1 aromatic rings. The smallest absolute Gasteiger partial charge is 0.335 e. The van der Waals surface area contributed by atoms with E-state index in [-0.39, 0.29) is 6.10 Å². The number of hydrogen-bond donors (Lipinski definition) is 2. The highest BCUT2D eigenvalue weighted by atomic mass is 16.4. The number of rotatable bonds is 7. The third-order valence-corrected chi connectivity index (χ3v) is 3.00. The summed E-state index contributed by atoms with van der Waals surface area (Å²) in [5, 5.41) is 18.6. The van der Waals surface area contributed by atoms with Gasteiger partial charge in [0.1, 0.15) is 0 Å². The van der Waals surface area contributed by atoms with Crippen LogP contribution in [0.3, 0.4) is 0 Å². The van der Waals surface area contributed by atoms with Crippen molar-refractivity contribution in [3.05, 3.63) is 35.4 Å². The van der Waals surface area contributed by atoms with Crippen molar-refractivity contribution >= 4 is 5.97 Å². The first-order valence-electron chi connectivity index (χ1n) is 6.22. The van der Waals surface area contributed by atoms with Crippen LogP contribution in [0.4, 0.5) is 0 Å². The molecule has 0 aliphatic rings. The van der Waals surface area contributed by atoms with Crippen LogP contribution in [0.5, 0.6) is 0 Å². The fraction of sp³-hybridized carbons (Fsp3) is 0.500. The normalized spacial score (nSPS) is 12.7. The van der Waals surface area contributed by atoms with E-state index in [1.165, 1.54) is 0 Å². The molecule has 4 nitrogen and oxygen atoms in total. The van der Waals surface area contributed by atoms with Gasteiger partial charge >= 0.3 is 5.97 Å². The average molecular weight is 251 g/mol. The lowest BCUT2D eigenvalue weighted by molar-refractivity contribution is 0.0695. The van der Waals surface area contributed by atoms with Gasteiger partial charge in [-0.1, -0.05) is 25.1 Å². The molecule has 0 aromatic heterocycles. The van der Waals surface area contributed by atoms with Crippen molar-refractivity contribution < 1.29 is 15.0 Å². The number of nitrogens with zero attached hydrogens (tertiary/aromatic N) is 1. The lowest BCUT2D eigenvalue weighted by Crippen LogP contribution is -2.30. The number of carbonyl (C=O) groups is 1. The largest absolute Gasteiger partial charge is 0.478 e. The van der Waals surface area contributed by atoms with E-state index in [9.17, 15) is 9.90 Å². The number of benzene rings is 1. The Labute approximate surface area is 108 Å². The van der Waals surface area contributed by atoms with Gasteiger partial charge in [-0.2, -0.15) is 0 Å². The summed E-state index contributed by atoms with van der Waals surface area (Å²) in [7, 11) is 1.93. The first-order valence-corrected chi connectivity index (χ1v) is 6.22. The molecule has 0 aliphatic heterocycles. The summed E-state index contributed by atoms with van der Waals surface area (Å²) in [6.07, 6.45) is 1.09. The Bertz CT molecular complexity index is 392. The van der Waals surface area contributed by atoms with Crippen LogP contribution < -0.4 is 0 Å². The molecule has 1 atom stereocenters. The van der Waals surface area contributed by atoms with Crippen LogP contribution in [0, 0.1) is 0 Å². The zero-order chi connectivity index (χ0) is 13.5. The molecule has 0 saturated heterocycles. The van der Waals surface area contributed by atoms with Crippen LogP contribution in [-0.2, 0) is 6.42 Å². The number of carboxylic acids is 1. The minimum Gasteiger partial charge on any atom is -0.478 e. The molecule has 0 amide bonds. The Kier molecular flexibility index (Phi) is 5.82. The summed E-state index contributed by atoms with van der Waals surface area (Å²) in [6.45, 7) is 3.30. The molecule has 2 N–H and O–H groups in total. The lowest BCUT2D eigenvalue weighted by atomic mass is 10.0. The van der Waals surface area contributed by atoms with Gasteiger partial charge < -0.3 is 15.1 Å². The van der Waals surface area contributed by atoms with Crippen LogP contribution >= 0.6 is 0 Å². The van der Waals surface area contributed by atoms with E-state index in [1.54, 1.807) is 12.1 Å². The maximum absolute atomic E-state index is 11.0. The Morgan fingerprint density at radius 1 is 1.39 bits per heavy atom. The van der Waals surface area contributed by atoms with Crippen molar-refractivity contribution in [2.45, 2.75) is 25.9 Å². The molecule has 0 radical (unpaired) electrons. The fourth-order valence-corrected chi connectivity index (χ4v) is 1.84. The maximum atomic E-state index is 11.0. The fourth-order valence-electron chi connectivity index (χ4n) is 1.84. The molecule has 0 fully saturated rings. The average Bonchev–Trinajstić information content (AvgIpc) is 2.36. The number of aliphatic hydroxyl groups excluding tert-OH is 1. The highest BCUT2D eigenvalue weighted by molar-refractivity contribution is 5.89. The first-order chi connectivity index (χ1) is 8.54. The maximum Gasteiger partial charge on any atom is 0.335 e. The van der Waals surface area contributed by atoms with Crippen molar-refractivity contribution in [1.29, 1.82) is 0 Å². The molecule has 18 heavy (non-hydrogen) atoms. The molecule has 100 valence electrons. The van der Waals surface area contributed by atoms with E-state index in [2.05, 4.69) is 0 Å². The van der Waals surface area contributed by atoms with Gasteiger partial charge in [0, 0.05) is 13.1 Å². The highest BCUT2D eigenvalue weighted by Gasteiger charge is 2.10. The zero-order valence-corrected chi connectivity index (χ0v) is 11.0. The number of likely N-dealkylation sites (N-methyl/N-ethyl adjacent to an activating group) is 1. The number of carboxylic acid groups (broad SMARTS) is 1. The molecular formula is C14H21NO3. The summed E-state index contributed by atoms with van der Waals surface area (Å²) in [5.41, 5.74) is 1.20. The van der Waals surface area contributed by atoms with Crippen molar-refractivity contribution in [2.75, 3.05) is 20.1 Å². The van der Waals surface area contributed by atoms with Crippen molar-refractivity contribution in [3.63, 3.8) is 0 Å². The monoisotopic (exact) mass is 251 g/mol. The molecule has 1 aromatic carbocycles. The Morgan fingerprint density at radius 3 is 2.67 bits per heavy atom. The predicted octanol–water partition coefficient (Wildman–Crippen LogP) is 1.63. The van der Waals surface area contributed by atoms with Crippen LogP contribution in [0.1, 0.15) is 29.3 Å². The minimum absolute atomic E-state index is 0.315. The third kappa shape index (κ3) is 4.47. The van der Waals surface area contributed by atoms with Gasteiger partial charge in [0.15, 0.2) is 0 Å². The summed E-state index contributed by atoms with van der Waals surface area (Å²) in [5.74, 6) is -0.887. The molecule has 0 bridgehead atoms. The first kappa shape index (κ1) is 14.7. The second kappa shape index (κ2) is 7.13. The topological polar surface area (TPSA) is 60.8 Å². The molecule has 1 rings (SSSR count). The quantitative estimate of drug-likeness (QED) is 0.773. The second-order valence-electron chi connectivity index (χ2n) is 4.54. The van der Waals surface area contributed by atoms with Crippen LogP contribution in [0.25, 0.3) is 0 Å². The zero-order valence-electron chi connectivity index (χ0n) is 11.0. The Hall–Kier alpha value is -1.39. The number of aliphatic hydroxyl groups is 1. The summed E-state index contributed by atoms with van der Waals surface area (Å²) < 4.78 is 0. The molecule has 0 spiro atoms. The third-order valence-electron chi connectivity index (χ3n) is 3.00. The second-order valence-corrected chi connectivity index (χ2v) is 4.54. The van der Waals surface area contributed by atoms with Gasteiger partial charge in [0.2, 0.25) is 0 Å². The van der Waals surface area contributed by atoms with Gasteiger partial charge in [0.05, 0.1) is 11.7 Å². The highest BCUT2D eigenvalue weighted by Crippen LogP contribution is 2.10. The standard InChI is InChI=1S/C14H21NO3/c1-3-12(16)10-15(2)9-8-11-6-4-5-7-13(11)14(17)18/h4-7,12,16H,3,8-10H2,1-2H3,(H,17,18). The molecule has 1 unspecified atom stereocenters. The Morgan fingerprint density at radius 2 is 2.06 bits per heavy atom. The summed E-state index contributed by atoms with van der Waals surface area (Å²) >= 11 is 0. The van der Waals surface area contributed by atoms with E-state index in [1.807, 2.05) is 31.0 Å². The van der Waals surface area contributed by atoms with Crippen molar-refractivity contribution in [1.82, 2.24) is 4.90 Å². The van der Waals surface area contributed by atoms with Crippen LogP contribution in [-0.4, -0.2) is 47.3 Å². The Balaban J connectivity index is 2.55. The van der Waals surface area contributed by atoms with Gasteiger partial charge in [-0.3, -0.25) is 0 Å². The molecule has 4 heteroatoms. The van der Waals surface area contributed by atoms with E-state index >= 15 is 0 Å². The molecule has 0 heterocycles. The summed E-state index contributed by atoms with van der Waals surface area (Å²) in [4.78, 5) is 13.1. The van der Waals surface area contributed by atoms with Crippen LogP contribution in [0.15, 0.2) is 24.3 Å². The van der Waals surface area contributed by atoms with E-state index in [4.69, 9.17) is 5.11 Å². The van der Waals surface area contributed by atoms with Gasteiger partial charge in [0.25, 0.3) is 0 Å². The molecule has 0 saturated carbocycles. The van der Waals surface area contributed by atoms with Crippen molar-refractivity contribution in [2.24, 2.45) is 0 Å². The number of hydrogen-bond acceptors (Lipinski definition) is 3. The van der Waals surface area contributed by atoms with Gasteiger partial charge in [-0.25, -0.2) is 4.79 Å². The number of aromatic carboxylic acids is 1. The van der Waals surface area contributed by atoms with Gasteiger partial charge in [-0.05, 0) is 31.5 Å². The van der Waals surface area contributed by atoms with E-state index < -0.39 is 5.97 Å². The predicted molar refractivity (Wildman–Crippen MR) is 70.9 cm³/mol. The van der Waals surface area contributed by atoms with Crippen LogP contribution in [0.2, 0.25) is 0 Å².